The van der Waals surface area contributed by atoms with Gasteiger partial charge in [-0.2, -0.15) is 0 Å². The normalized spacial score (nSPS) is 16.2. The maximum atomic E-state index is 13.5. The van der Waals surface area contributed by atoms with Crippen LogP contribution in [0.4, 0.5) is 5.69 Å². The molecule has 2 aromatic carbocycles. The third kappa shape index (κ3) is 6.29. The largest absolute Gasteiger partial charge is 0.495 e. The third-order valence-electron chi connectivity index (χ3n) is 6.63. The molecule has 37 heavy (non-hydrogen) atoms. The summed E-state index contributed by atoms with van der Waals surface area (Å²) in [5, 5.41) is 3.37. The van der Waals surface area contributed by atoms with Gasteiger partial charge in [0.05, 0.1) is 19.4 Å². The highest BCUT2D eigenvalue weighted by molar-refractivity contribution is 6.31. The van der Waals surface area contributed by atoms with E-state index in [0.29, 0.717) is 46.2 Å². The van der Waals surface area contributed by atoms with Crippen LogP contribution in [0.25, 0.3) is 11.1 Å². The van der Waals surface area contributed by atoms with Crippen LogP contribution in [-0.4, -0.2) is 36.1 Å². The zero-order valence-electron chi connectivity index (χ0n) is 21.3. The summed E-state index contributed by atoms with van der Waals surface area (Å²) in [6.45, 7) is 4.06. The fourth-order valence-corrected chi connectivity index (χ4v) is 4.82. The molecular weight excluding hydrogens is 492 g/mol. The Hall–Kier alpha value is -3.42. The number of pyridine rings is 1. The number of amides is 1. The van der Waals surface area contributed by atoms with Crippen LogP contribution in [0.1, 0.15) is 54.6 Å². The quantitative estimate of drug-likeness (QED) is 0.376. The van der Waals surface area contributed by atoms with Crippen molar-refractivity contribution < 1.29 is 19.1 Å². The van der Waals surface area contributed by atoms with Gasteiger partial charge in [-0.25, -0.2) is 0 Å². The van der Waals surface area contributed by atoms with E-state index < -0.39 is 11.6 Å². The Morgan fingerprint density at radius 3 is 2.54 bits per heavy atom. The Morgan fingerprint density at radius 1 is 1.14 bits per heavy atom. The SMILES string of the molecule is COc1cn(C(CC2CCCCO2)C(=O)Nc2ccc(C)cc2)c(=O)cc1-c1cc(Cl)ccc1C(C)=O. The first kappa shape index (κ1) is 26.6. The first-order valence-electron chi connectivity index (χ1n) is 12.4. The summed E-state index contributed by atoms with van der Waals surface area (Å²) < 4.78 is 12.9. The molecular formula is C29H31ClN2O5. The number of aryl methyl sites for hydroxylation is 1. The van der Waals surface area contributed by atoms with Gasteiger partial charge < -0.3 is 14.8 Å². The minimum atomic E-state index is -0.827. The summed E-state index contributed by atoms with van der Waals surface area (Å²) >= 11 is 6.22. The average molecular weight is 523 g/mol. The fourth-order valence-electron chi connectivity index (χ4n) is 4.64. The predicted molar refractivity (Wildman–Crippen MR) is 145 cm³/mol. The maximum Gasteiger partial charge on any atom is 0.252 e. The first-order valence-corrected chi connectivity index (χ1v) is 12.7. The molecule has 0 spiro atoms. The minimum absolute atomic E-state index is 0.141. The Kier molecular flexibility index (Phi) is 8.46. The molecule has 0 radical (unpaired) electrons. The Balaban J connectivity index is 1.77. The summed E-state index contributed by atoms with van der Waals surface area (Å²) in [6.07, 6.45) is 4.55. The van der Waals surface area contributed by atoms with Crippen molar-refractivity contribution in [1.82, 2.24) is 4.57 Å². The molecule has 194 valence electrons. The molecule has 1 aromatic heterocycles. The van der Waals surface area contributed by atoms with E-state index in [-0.39, 0.29) is 17.8 Å². The second kappa shape index (κ2) is 11.8. The smallest absolute Gasteiger partial charge is 0.252 e. The molecule has 2 heterocycles. The summed E-state index contributed by atoms with van der Waals surface area (Å²) in [5.41, 5.74) is 2.68. The number of aromatic nitrogens is 1. The highest BCUT2D eigenvalue weighted by Gasteiger charge is 2.29. The predicted octanol–water partition coefficient (Wildman–Crippen LogP) is 5.83. The Morgan fingerprint density at radius 2 is 1.89 bits per heavy atom. The number of methoxy groups -OCH3 is 1. The van der Waals surface area contributed by atoms with E-state index in [2.05, 4.69) is 5.32 Å². The molecule has 1 amide bonds. The number of carbonyl (C=O) groups excluding carboxylic acids is 2. The highest BCUT2D eigenvalue weighted by atomic mass is 35.5. The lowest BCUT2D eigenvalue weighted by molar-refractivity contribution is -0.121. The molecule has 2 unspecified atom stereocenters. The molecule has 4 rings (SSSR count). The second-order valence-electron chi connectivity index (χ2n) is 9.34. The van der Waals surface area contributed by atoms with Crippen molar-refractivity contribution in [2.45, 2.75) is 51.7 Å². The summed E-state index contributed by atoms with van der Waals surface area (Å²) in [4.78, 5) is 39.3. The molecule has 1 aliphatic rings. The van der Waals surface area contributed by atoms with Crippen molar-refractivity contribution in [3.63, 3.8) is 0 Å². The van der Waals surface area contributed by atoms with Gasteiger partial charge in [-0.3, -0.25) is 19.0 Å². The molecule has 0 saturated carbocycles. The van der Waals surface area contributed by atoms with Gasteiger partial charge in [-0.1, -0.05) is 29.3 Å². The molecule has 2 atom stereocenters. The van der Waals surface area contributed by atoms with Crippen LogP contribution in [0.15, 0.2) is 59.5 Å². The number of nitrogens with one attached hydrogen (secondary N) is 1. The van der Waals surface area contributed by atoms with Crippen molar-refractivity contribution in [1.29, 1.82) is 0 Å². The number of benzene rings is 2. The minimum Gasteiger partial charge on any atom is -0.495 e. The van der Waals surface area contributed by atoms with Crippen molar-refractivity contribution in [3.8, 4) is 16.9 Å². The summed E-state index contributed by atoms with van der Waals surface area (Å²) in [6, 6.07) is 12.9. The van der Waals surface area contributed by atoms with Crippen LogP contribution in [0.2, 0.25) is 5.02 Å². The van der Waals surface area contributed by atoms with Gasteiger partial charge in [0.1, 0.15) is 11.8 Å². The van der Waals surface area contributed by atoms with E-state index in [1.165, 1.54) is 30.9 Å². The van der Waals surface area contributed by atoms with Crippen LogP contribution in [-0.2, 0) is 9.53 Å². The van der Waals surface area contributed by atoms with Gasteiger partial charge in [-0.15, -0.1) is 0 Å². The molecule has 0 bridgehead atoms. The van der Waals surface area contributed by atoms with Crippen LogP contribution in [0.3, 0.4) is 0 Å². The van der Waals surface area contributed by atoms with E-state index in [1.807, 2.05) is 31.2 Å². The first-order chi connectivity index (χ1) is 17.8. The average Bonchev–Trinajstić information content (AvgIpc) is 2.89. The maximum absolute atomic E-state index is 13.5. The highest BCUT2D eigenvalue weighted by Crippen LogP contribution is 2.34. The number of halogens is 1. The van der Waals surface area contributed by atoms with Gasteiger partial charge >= 0.3 is 0 Å². The van der Waals surface area contributed by atoms with E-state index >= 15 is 0 Å². The number of hydrogen-bond acceptors (Lipinski definition) is 5. The number of rotatable bonds is 8. The van der Waals surface area contributed by atoms with Crippen molar-refractivity contribution in [3.05, 3.63) is 81.2 Å². The van der Waals surface area contributed by atoms with Gasteiger partial charge in [0, 0.05) is 40.9 Å². The lowest BCUT2D eigenvalue weighted by Crippen LogP contribution is -2.36. The summed E-state index contributed by atoms with van der Waals surface area (Å²) in [5.74, 6) is -0.133. The van der Waals surface area contributed by atoms with Crippen molar-refractivity contribution >= 4 is 29.0 Å². The molecule has 1 fully saturated rings. The standard InChI is InChI=1S/C29H31ClN2O5/c1-18-7-10-21(11-8-18)31-29(35)26(15-22-6-4-5-13-37-22)32-17-27(36-3)25(16-28(32)34)24-14-20(30)9-12-23(24)19(2)33/h7-12,14,16-17,22,26H,4-6,13,15H2,1-3H3,(H,31,35). The fraction of sp³-hybridized carbons (Fsp3) is 0.345. The lowest BCUT2D eigenvalue weighted by atomic mass is 9.97. The number of ketones is 1. The van der Waals surface area contributed by atoms with E-state index in [9.17, 15) is 14.4 Å². The number of Topliss-reactive ketones (excluding diaryl/α,β-unsaturated/α-hetero) is 1. The number of carbonyl (C=O) groups is 2. The zero-order chi connectivity index (χ0) is 26.5. The van der Waals surface area contributed by atoms with Crippen LogP contribution < -0.4 is 15.6 Å². The molecule has 1 saturated heterocycles. The summed E-state index contributed by atoms with van der Waals surface area (Å²) in [7, 11) is 1.48. The molecule has 0 aliphatic carbocycles. The van der Waals surface area contributed by atoms with E-state index in [4.69, 9.17) is 21.1 Å². The molecule has 7 nitrogen and oxygen atoms in total. The van der Waals surface area contributed by atoms with E-state index in [0.717, 1.165) is 24.8 Å². The number of ether oxygens (including phenoxy) is 2. The topological polar surface area (TPSA) is 86.6 Å². The zero-order valence-corrected chi connectivity index (χ0v) is 22.0. The lowest BCUT2D eigenvalue weighted by Gasteiger charge is -2.28. The Labute approximate surface area is 221 Å². The number of hydrogen-bond donors (Lipinski definition) is 1. The molecule has 8 heteroatoms. The van der Waals surface area contributed by atoms with Gasteiger partial charge in [0.2, 0.25) is 5.91 Å². The third-order valence-corrected chi connectivity index (χ3v) is 6.87. The molecule has 3 aromatic rings. The van der Waals surface area contributed by atoms with Gasteiger partial charge in [0.15, 0.2) is 5.78 Å². The van der Waals surface area contributed by atoms with E-state index in [1.54, 1.807) is 18.2 Å². The van der Waals surface area contributed by atoms with Crippen LogP contribution >= 0.6 is 11.6 Å². The van der Waals surface area contributed by atoms with Crippen molar-refractivity contribution in [2.75, 3.05) is 19.0 Å². The van der Waals surface area contributed by atoms with Crippen LogP contribution in [0.5, 0.6) is 5.75 Å². The monoisotopic (exact) mass is 522 g/mol. The van der Waals surface area contributed by atoms with Crippen LogP contribution in [0, 0.1) is 6.92 Å². The van der Waals surface area contributed by atoms with Gasteiger partial charge in [-0.05, 0) is 69.0 Å². The van der Waals surface area contributed by atoms with Gasteiger partial charge in [0.25, 0.3) is 5.56 Å². The Bertz CT molecular complexity index is 1340. The molecule has 1 N–H and O–H groups in total. The second-order valence-corrected chi connectivity index (χ2v) is 9.78. The number of anilines is 1. The molecule has 1 aliphatic heterocycles. The number of nitrogens with zero attached hydrogens (tertiary/aromatic N) is 1. The van der Waals surface area contributed by atoms with Crippen molar-refractivity contribution in [2.24, 2.45) is 0 Å².